The maximum atomic E-state index is 12.9. The highest BCUT2D eigenvalue weighted by Gasteiger charge is 2.19. The molecule has 0 fully saturated rings. The summed E-state index contributed by atoms with van der Waals surface area (Å²) in [5.74, 6) is -0.965. The van der Waals surface area contributed by atoms with Crippen molar-refractivity contribution in [3.8, 4) is 0 Å². The highest BCUT2D eigenvalue weighted by Crippen LogP contribution is 2.15. The van der Waals surface area contributed by atoms with E-state index in [0.29, 0.717) is 19.3 Å². The van der Waals surface area contributed by atoms with Crippen LogP contribution in [0, 0.1) is 0 Å². The van der Waals surface area contributed by atoms with Gasteiger partial charge in [0.15, 0.2) is 6.10 Å². The molecule has 0 radical (unpaired) electrons. The molecule has 0 aromatic rings. The third-order valence-electron chi connectivity index (χ3n) is 12.9. The highest BCUT2D eigenvalue weighted by molar-refractivity contribution is 5.71. The first-order valence-corrected chi connectivity index (χ1v) is 31.2. The van der Waals surface area contributed by atoms with Crippen LogP contribution in [0.25, 0.3) is 0 Å². The SMILES string of the molecule is CC/C=C\C/C=C\C/C=C\C/C=C\C/C=C\C/C=C\CCCCCCCCCCCCC(=O)OCC(COC(=O)CCCCCCCCCCCCCC)OC(=O)CCC/C=C\C/C=C\C/C=C\C/C=C\C/C=C\CC. The molecule has 6 heteroatoms. The van der Waals surface area contributed by atoms with Gasteiger partial charge in [-0.25, -0.2) is 0 Å². The lowest BCUT2D eigenvalue weighted by Crippen LogP contribution is -2.30. The maximum Gasteiger partial charge on any atom is 0.306 e. The second-order valence-electron chi connectivity index (χ2n) is 20.2. The van der Waals surface area contributed by atoms with Crippen LogP contribution in [0.3, 0.4) is 0 Å². The fourth-order valence-corrected chi connectivity index (χ4v) is 8.31. The van der Waals surface area contributed by atoms with Gasteiger partial charge in [-0.2, -0.15) is 0 Å². The molecule has 0 spiro atoms. The summed E-state index contributed by atoms with van der Waals surface area (Å²) >= 11 is 0. The lowest BCUT2D eigenvalue weighted by atomic mass is 10.0. The van der Waals surface area contributed by atoms with Crippen LogP contribution in [0.15, 0.2) is 134 Å². The minimum absolute atomic E-state index is 0.103. The quantitative estimate of drug-likeness (QED) is 0.0261. The van der Waals surface area contributed by atoms with Gasteiger partial charge in [-0.1, -0.05) is 276 Å². The molecule has 0 aliphatic heterocycles. The summed E-state index contributed by atoms with van der Waals surface area (Å²) in [5, 5.41) is 0. The minimum Gasteiger partial charge on any atom is -0.462 e. The van der Waals surface area contributed by atoms with Gasteiger partial charge < -0.3 is 14.2 Å². The van der Waals surface area contributed by atoms with E-state index in [1.807, 2.05) is 0 Å². The first-order valence-electron chi connectivity index (χ1n) is 31.2. The van der Waals surface area contributed by atoms with E-state index in [1.54, 1.807) is 0 Å². The van der Waals surface area contributed by atoms with Crippen LogP contribution in [0.2, 0.25) is 0 Å². The van der Waals surface area contributed by atoms with Gasteiger partial charge in [-0.15, -0.1) is 0 Å². The Labute approximate surface area is 468 Å². The Morgan fingerprint density at radius 2 is 0.526 bits per heavy atom. The number of ether oxygens (including phenoxy) is 3. The van der Waals surface area contributed by atoms with Crippen LogP contribution in [-0.4, -0.2) is 37.2 Å². The van der Waals surface area contributed by atoms with Crippen LogP contribution in [0.5, 0.6) is 0 Å². The zero-order valence-corrected chi connectivity index (χ0v) is 49.2. The molecule has 76 heavy (non-hydrogen) atoms. The molecule has 0 N–H and O–H groups in total. The molecule has 430 valence electrons. The number of carbonyl (C=O) groups is 3. The van der Waals surface area contributed by atoms with E-state index < -0.39 is 6.10 Å². The summed E-state index contributed by atoms with van der Waals surface area (Å²) in [6, 6.07) is 0. The molecular formula is C70H114O6. The van der Waals surface area contributed by atoms with E-state index in [9.17, 15) is 14.4 Å². The molecule has 0 heterocycles. The van der Waals surface area contributed by atoms with Crippen molar-refractivity contribution in [2.75, 3.05) is 13.2 Å². The van der Waals surface area contributed by atoms with Gasteiger partial charge in [0.2, 0.25) is 0 Å². The van der Waals surface area contributed by atoms with Gasteiger partial charge in [0.05, 0.1) is 0 Å². The fourth-order valence-electron chi connectivity index (χ4n) is 8.31. The lowest BCUT2D eigenvalue weighted by molar-refractivity contribution is -0.167. The molecule has 6 nitrogen and oxygen atoms in total. The normalized spacial score (nSPS) is 13.0. The van der Waals surface area contributed by atoms with Crippen LogP contribution in [0.4, 0.5) is 0 Å². The Morgan fingerprint density at radius 3 is 0.842 bits per heavy atom. The monoisotopic (exact) mass is 1050 g/mol. The summed E-state index contributed by atoms with van der Waals surface area (Å²) in [6.45, 7) is 6.36. The Bertz CT molecular complexity index is 1630. The molecule has 1 unspecified atom stereocenters. The number of esters is 3. The summed E-state index contributed by atoms with van der Waals surface area (Å²) in [4.78, 5) is 38.2. The van der Waals surface area contributed by atoms with Crippen LogP contribution < -0.4 is 0 Å². The van der Waals surface area contributed by atoms with Crippen LogP contribution in [0.1, 0.15) is 271 Å². The summed E-state index contributed by atoms with van der Waals surface area (Å²) in [5.41, 5.74) is 0. The van der Waals surface area contributed by atoms with Crippen molar-refractivity contribution < 1.29 is 28.6 Å². The largest absolute Gasteiger partial charge is 0.462 e. The zero-order valence-electron chi connectivity index (χ0n) is 49.2. The van der Waals surface area contributed by atoms with Crippen molar-refractivity contribution in [3.63, 3.8) is 0 Å². The zero-order chi connectivity index (χ0) is 55.0. The summed E-state index contributed by atoms with van der Waals surface area (Å²) in [6.07, 6.45) is 88.9. The molecule has 0 bridgehead atoms. The van der Waals surface area contributed by atoms with E-state index >= 15 is 0 Å². The molecule has 0 aliphatic rings. The first-order chi connectivity index (χ1) is 37.5. The predicted octanol–water partition coefficient (Wildman–Crippen LogP) is 21.4. The van der Waals surface area contributed by atoms with Crippen molar-refractivity contribution in [2.45, 2.75) is 277 Å². The van der Waals surface area contributed by atoms with E-state index in [0.717, 1.165) is 116 Å². The third-order valence-corrected chi connectivity index (χ3v) is 12.9. The van der Waals surface area contributed by atoms with Crippen LogP contribution >= 0.6 is 0 Å². The van der Waals surface area contributed by atoms with Gasteiger partial charge in [0.1, 0.15) is 13.2 Å². The Balaban J connectivity index is 4.34. The fraction of sp³-hybridized carbons (Fsp3) is 0.643. The molecule has 0 amide bonds. The Morgan fingerprint density at radius 1 is 0.276 bits per heavy atom. The summed E-state index contributed by atoms with van der Waals surface area (Å²) in [7, 11) is 0. The van der Waals surface area contributed by atoms with Gasteiger partial charge in [-0.05, 0) is 109 Å². The van der Waals surface area contributed by atoms with E-state index in [1.165, 1.54) is 109 Å². The number of hydrogen-bond donors (Lipinski definition) is 0. The number of carbonyl (C=O) groups excluding carboxylic acids is 3. The van der Waals surface area contributed by atoms with Gasteiger partial charge in [0.25, 0.3) is 0 Å². The lowest BCUT2D eigenvalue weighted by Gasteiger charge is -2.18. The second kappa shape index (κ2) is 63.1. The minimum atomic E-state index is -0.812. The van der Waals surface area contributed by atoms with Crippen molar-refractivity contribution >= 4 is 17.9 Å². The molecule has 0 saturated heterocycles. The Hall–Kier alpha value is -4.45. The average Bonchev–Trinajstić information content (AvgIpc) is 3.42. The third kappa shape index (κ3) is 60.4. The standard InChI is InChI=1S/C70H114O6/c1-4-7-10-13-16-19-22-25-27-29-30-31-32-33-34-35-36-37-38-39-40-42-43-45-48-51-54-57-60-63-69(72)75-66-67(65-74-68(71)62-59-56-53-50-47-24-21-18-15-12-9-6-3)76-70(73)64-61-58-55-52-49-46-44-41-28-26-23-20-17-14-11-8-5-2/h7-8,10-11,16-17,19-20,25-28,30-31,33-34,36-37,44,46,52,55,67H,4-6,9,12-15,18,21-24,29,32,35,38-43,45,47-51,53-54,56-66H2,1-3H3/b10-7-,11-8-,19-16-,20-17-,27-25-,28-26-,31-30-,34-33-,37-36-,46-44-,55-52-. The molecule has 0 aliphatic carbocycles. The molecule has 0 aromatic carbocycles. The van der Waals surface area contributed by atoms with E-state index in [-0.39, 0.29) is 37.5 Å². The molecular weight excluding hydrogens is 937 g/mol. The average molecular weight is 1050 g/mol. The molecule has 0 aromatic heterocycles. The number of allylic oxidation sites excluding steroid dienone is 22. The Kier molecular flexibility index (Phi) is 59.4. The van der Waals surface area contributed by atoms with Crippen molar-refractivity contribution in [1.29, 1.82) is 0 Å². The van der Waals surface area contributed by atoms with Gasteiger partial charge in [0, 0.05) is 19.3 Å². The molecule has 0 saturated carbocycles. The van der Waals surface area contributed by atoms with Crippen molar-refractivity contribution in [2.24, 2.45) is 0 Å². The van der Waals surface area contributed by atoms with E-state index in [2.05, 4.69) is 154 Å². The van der Waals surface area contributed by atoms with E-state index in [4.69, 9.17) is 14.2 Å². The summed E-state index contributed by atoms with van der Waals surface area (Å²) < 4.78 is 16.8. The van der Waals surface area contributed by atoms with Crippen molar-refractivity contribution in [1.82, 2.24) is 0 Å². The predicted molar refractivity (Wildman–Crippen MR) is 329 cm³/mol. The van der Waals surface area contributed by atoms with Gasteiger partial charge in [-0.3, -0.25) is 14.4 Å². The maximum absolute atomic E-state index is 12.9. The smallest absolute Gasteiger partial charge is 0.306 e. The highest BCUT2D eigenvalue weighted by atomic mass is 16.6. The number of hydrogen-bond acceptors (Lipinski definition) is 6. The topological polar surface area (TPSA) is 78.9 Å². The first kappa shape index (κ1) is 71.5. The number of rotatable bonds is 55. The van der Waals surface area contributed by atoms with Crippen molar-refractivity contribution in [3.05, 3.63) is 134 Å². The van der Waals surface area contributed by atoms with Crippen LogP contribution in [-0.2, 0) is 28.6 Å². The second-order valence-corrected chi connectivity index (χ2v) is 20.2. The molecule has 1 atom stereocenters. The molecule has 0 rings (SSSR count). The number of unbranched alkanes of at least 4 members (excludes halogenated alkanes) is 22. The van der Waals surface area contributed by atoms with Gasteiger partial charge >= 0.3 is 17.9 Å².